The minimum absolute atomic E-state index is 0.107. The van der Waals surface area contributed by atoms with Crippen molar-refractivity contribution >= 4 is 5.97 Å². The first-order valence-electron chi connectivity index (χ1n) is 14.4. The molecule has 0 aromatic heterocycles. The molecule has 0 aliphatic heterocycles. The maximum Gasteiger partial charge on any atom is 0.365 e. The van der Waals surface area contributed by atoms with Crippen molar-refractivity contribution in [2.75, 3.05) is 41.5 Å². The topological polar surface area (TPSA) is 54.0 Å². The molecule has 0 aliphatic carbocycles. The summed E-state index contributed by atoms with van der Waals surface area (Å²) in [6.45, 7) is 1.69. The number of esters is 1. The molecule has 0 heterocycles. The van der Waals surface area contributed by atoms with E-state index in [0.29, 0.717) is 30.7 Å². The van der Waals surface area contributed by atoms with Crippen LogP contribution in [0.3, 0.4) is 0 Å². The number of quaternary nitrogens is 1. The second kappa shape index (κ2) is 16.6. The fourth-order valence-corrected chi connectivity index (χ4v) is 4.44. The highest BCUT2D eigenvalue weighted by molar-refractivity contribution is 5.75. The lowest BCUT2D eigenvalue weighted by molar-refractivity contribution is -0.887. The Balaban J connectivity index is 1.22. The number of unbranched alkanes of at least 4 members (excludes halogenated alkanes) is 5. The summed E-state index contributed by atoms with van der Waals surface area (Å²) in [6, 6.07) is 25.6. The summed E-state index contributed by atoms with van der Waals surface area (Å²) in [7, 11) is 7.81. The van der Waals surface area contributed by atoms with E-state index in [-0.39, 0.29) is 12.0 Å². The van der Waals surface area contributed by atoms with Gasteiger partial charge in [-0.3, -0.25) is 0 Å². The molecule has 216 valence electrons. The van der Waals surface area contributed by atoms with E-state index in [2.05, 4.69) is 12.1 Å². The van der Waals surface area contributed by atoms with Gasteiger partial charge < -0.3 is 23.4 Å². The zero-order chi connectivity index (χ0) is 28.6. The Labute approximate surface area is 240 Å². The molecule has 0 radical (unpaired) electrons. The van der Waals surface area contributed by atoms with Gasteiger partial charge in [0.2, 0.25) is 0 Å². The molecule has 0 fully saturated rings. The van der Waals surface area contributed by atoms with Crippen molar-refractivity contribution in [1.82, 2.24) is 0 Å². The molecule has 0 aliphatic rings. The number of hydrogen-bond donors (Lipinski definition) is 0. The summed E-state index contributed by atoms with van der Waals surface area (Å²) >= 11 is 0. The molecule has 0 spiro atoms. The Morgan fingerprint density at radius 3 is 1.93 bits per heavy atom. The number of likely N-dealkylation sites (N-methyl/N-ethyl adjacent to an activating group) is 1. The van der Waals surface area contributed by atoms with Crippen molar-refractivity contribution in [2.24, 2.45) is 0 Å². The largest absolute Gasteiger partial charge is 0.497 e. The summed E-state index contributed by atoms with van der Waals surface area (Å²) in [4.78, 5) is 12.8. The fourth-order valence-electron chi connectivity index (χ4n) is 4.44. The Bertz CT molecular complexity index is 1130. The van der Waals surface area contributed by atoms with Gasteiger partial charge in [-0.1, -0.05) is 68.1 Å². The van der Waals surface area contributed by atoms with Crippen LogP contribution in [0.25, 0.3) is 0 Å². The minimum Gasteiger partial charge on any atom is -0.497 e. The number of ether oxygens (including phenoxy) is 4. The Kier molecular flexibility index (Phi) is 12.8. The third-order valence-electron chi connectivity index (χ3n) is 6.89. The van der Waals surface area contributed by atoms with Crippen LogP contribution < -0.4 is 14.2 Å². The second-order valence-corrected chi connectivity index (χ2v) is 11.1. The van der Waals surface area contributed by atoms with Gasteiger partial charge in [-0.15, -0.1) is 0 Å². The zero-order valence-corrected chi connectivity index (χ0v) is 24.6. The SMILES string of the molecule is COc1cccc(COc2ccc(OCCCCCCCCOC(=O)C(Cc3ccccc3)[N+](C)(C)C)cc2)c1. The summed E-state index contributed by atoms with van der Waals surface area (Å²) in [5.74, 6) is 2.39. The monoisotopic (exact) mass is 548 g/mol. The lowest BCUT2D eigenvalue weighted by Crippen LogP contribution is -2.51. The molecule has 0 N–H and O–H groups in total. The molecule has 6 nitrogen and oxygen atoms in total. The minimum atomic E-state index is -0.204. The maximum absolute atomic E-state index is 12.8. The molecule has 0 saturated carbocycles. The predicted molar refractivity (Wildman–Crippen MR) is 160 cm³/mol. The smallest absolute Gasteiger partial charge is 0.365 e. The van der Waals surface area contributed by atoms with Crippen molar-refractivity contribution in [3.63, 3.8) is 0 Å². The third-order valence-corrected chi connectivity index (χ3v) is 6.89. The van der Waals surface area contributed by atoms with Crippen LogP contribution in [-0.2, 0) is 22.6 Å². The highest BCUT2D eigenvalue weighted by Gasteiger charge is 2.33. The van der Waals surface area contributed by atoms with Crippen LogP contribution in [0.2, 0.25) is 0 Å². The van der Waals surface area contributed by atoms with E-state index in [4.69, 9.17) is 18.9 Å². The number of benzene rings is 3. The van der Waals surface area contributed by atoms with E-state index < -0.39 is 0 Å². The van der Waals surface area contributed by atoms with Crippen molar-refractivity contribution in [2.45, 2.75) is 57.6 Å². The van der Waals surface area contributed by atoms with Crippen LogP contribution >= 0.6 is 0 Å². The van der Waals surface area contributed by atoms with Crippen LogP contribution in [-0.4, -0.2) is 58.0 Å². The van der Waals surface area contributed by atoms with E-state index in [1.54, 1.807) is 7.11 Å². The lowest BCUT2D eigenvalue weighted by atomic mass is 10.0. The summed E-state index contributed by atoms with van der Waals surface area (Å²) < 4.78 is 23.2. The van der Waals surface area contributed by atoms with Gasteiger partial charge in [0.25, 0.3) is 0 Å². The number of carbonyl (C=O) groups excluding carboxylic acids is 1. The first-order chi connectivity index (χ1) is 19.3. The van der Waals surface area contributed by atoms with E-state index >= 15 is 0 Å². The Morgan fingerprint density at radius 1 is 0.675 bits per heavy atom. The number of carbonyl (C=O) groups is 1. The summed E-state index contributed by atoms with van der Waals surface area (Å²) in [5, 5.41) is 0. The Hall–Kier alpha value is -3.51. The van der Waals surface area contributed by atoms with Gasteiger partial charge in [-0.05, 0) is 60.4 Å². The van der Waals surface area contributed by atoms with Crippen molar-refractivity contribution in [1.29, 1.82) is 0 Å². The highest BCUT2D eigenvalue weighted by Crippen LogP contribution is 2.20. The molecule has 0 bridgehead atoms. The number of hydrogen-bond acceptors (Lipinski definition) is 5. The van der Waals surface area contributed by atoms with Gasteiger partial charge in [0, 0.05) is 6.42 Å². The van der Waals surface area contributed by atoms with Crippen LogP contribution in [0.1, 0.15) is 49.7 Å². The van der Waals surface area contributed by atoms with E-state index in [1.807, 2.05) is 87.9 Å². The van der Waals surface area contributed by atoms with Gasteiger partial charge in [-0.25, -0.2) is 4.79 Å². The summed E-state index contributed by atoms with van der Waals surface area (Å²) in [6.07, 6.45) is 7.11. The van der Waals surface area contributed by atoms with Crippen molar-refractivity contribution in [3.8, 4) is 17.2 Å². The van der Waals surface area contributed by atoms with Crippen LogP contribution in [0.15, 0.2) is 78.9 Å². The number of methoxy groups -OCH3 is 1. The molecular weight excluding hydrogens is 502 g/mol. The van der Waals surface area contributed by atoms with Crippen LogP contribution in [0, 0.1) is 0 Å². The van der Waals surface area contributed by atoms with E-state index in [0.717, 1.165) is 66.9 Å². The van der Waals surface area contributed by atoms with Crippen molar-refractivity contribution < 1.29 is 28.2 Å². The third kappa shape index (κ3) is 11.3. The van der Waals surface area contributed by atoms with Gasteiger partial charge in [-0.2, -0.15) is 0 Å². The fraction of sp³-hybridized carbons (Fsp3) is 0.441. The zero-order valence-electron chi connectivity index (χ0n) is 24.6. The second-order valence-electron chi connectivity index (χ2n) is 11.1. The average molecular weight is 549 g/mol. The molecule has 3 aromatic rings. The molecule has 1 atom stereocenters. The quantitative estimate of drug-likeness (QED) is 0.0988. The molecule has 3 aromatic carbocycles. The lowest BCUT2D eigenvalue weighted by Gasteiger charge is -2.32. The van der Waals surface area contributed by atoms with E-state index in [1.165, 1.54) is 0 Å². The molecule has 40 heavy (non-hydrogen) atoms. The van der Waals surface area contributed by atoms with E-state index in [9.17, 15) is 4.79 Å². The molecule has 6 heteroatoms. The first kappa shape index (κ1) is 31.0. The van der Waals surface area contributed by atoms with Crippen molar-refractivity contribution in [3.05, 3.63) is 90.0 Å². The number of nitrogens with zero attached hydrogens (tertiary/aromatic N) is 1. The average Bonchev–Trinajstić information content (AvgIpc) is 2.96. The molecular formula is C34H46NO5+. The maximum atomic E-state index is 12.8. The summed E-state index contributed by atoms with van der Waals surface area (Å²) in [5.41, 5.74) is 2.22. The van der Waals surface area contributed by atoms with Gasteiger partial charge in [0.05, 0.1) is 41.5 Å². The molecule has 3 rings (SSSR count). The molecule has 1 unspecified atom stereocenters. The standard InChI is InChI=1S/C34H46NO5/c1-35(2,3)33(26-28-15-10-9-11-16-28)34(36)39-24-13-8-6-5-7-12-23-38-30-19-21-31(22-20-30)40-27-29-17-14-18-32(25-29)37-4/h9-11,14-22,25,33H,5-8,12-13,23-24,26-27H2,1-4H3/q+1. The van der Waals surface area contributed by atoms with Gasteiger partial charge in [0.15, 0.2) is 6.04 Å². The van der Waals surface area contributed by atoms with Crippen LogP contribution in [0.5, 0.6) is 17.2 Å². The first-order valence-corrected chi connectivity index (χ1v) is 14.4. The van der Waals surface area contributed by atoms with Gasteiger partial charge >= 0.3 is 5.97 Å². The van der Waals surface area contributed by atoms with Crippen LogP contribution in [0.4, 0.5) is 0 Å². The predicted octanol–water partition coefficient (Wildman–Crippen LogP) is 6.85. The number of rotatable bonds is 18. The molecule has 0 amide bonds. The molecule has 0 saturated heterocycles. The Morgan fingerprint density at radius 2 is 1.27 bits per heavy atom. The van der Waals surface area contributed by atoms with Gasteiger partial charge in [0.1, 0.15) is 23.9 Å². The highest BCUT2D eigenvalue weighted by atomic mass is 16.5. The normalized spacial score (nSPS) is 12.0.